The maximum absolute atomic E-state index is 5.60. The molecule has 0 unspecified atom stereocenters. The quantitative estimate of drug-likeness (QED) is 0.597. The van der Waals surface area contributed by atoms with E-state index in [4.69, 9.17) is 14.5 Å². The summed E-state index contributed by atoms with van der Waals surface area (Å²) in [6, 6.07) is 15.2. The van der Waals surface area contributed by atoms with Gasteiger partial charge in [-0.05, 0) is 41.7 Å². The number of aromatic nitrogens is 1. The number of nitrogens with zero attached hydrogens (tertiary/aromatic N) is 2. The van der Waals surface area contributed by atoms with Gasteiger partial charge in [-0.2, -0.15) is 0 Å². The summed E-state index contributed by atoms with van der Waals surface area (Å²) in [5.41, 5.74) is 5.07. The fraction of sp³-hybridized carbons (Fsp3) is 0.348. The number of thiazole rings is 1. The van der Waals surface area contributed by atoms with Crippen LogP contribution < -0.4 is 9.47 Å². The van der Waals surface area contributed by atoms with E-state index in [0.717, 1.165) is 43.1 Å². The molecule has 28 heavy (non-hydrogen) atoms. The van der Waals surface area contributed by atoms with Gasteiger partial charge in [0.2, 0.25) is 0 Å². The topological polar surface area (TPSA) is 34.6 Å². The fourth-order valence-corrected chi connectivity index (χ4v) is 4.72. The SMILES string of the molecule is CCc1nc(CN2CCc3cc(OC)c(OC)cc3[C@@H]2c2ccccc2)cs1. The van der Waals surface area contributed by atoms with E-state index < -0.39 is 0 Å². The monoisotopic (exact) mass is 394 g/mol. The lowest BCUT2D eigenvalue weighted by molar-refractivity contribution is 0.201. The van der Waals surface area contributed by atoms with Crippen molar-refractivity contribution in [2.24, 2.45) is 0 Å². The Morgan fingerprint density at radius 1 is 1.11 bits per heavy atom. The van der Waals surface area contributed by atoms with Crippen molar-refractivity contribution in [3.05, 3.63) is 75.2 Å². The number of aryl methyl sites for hydroxylation is 1. The number of ether oxygens (including phenoxy) is 2. The molecule has 1 aromatic heterocycles. The fourth-order valence-electron chi connectivity index (χ4n) is 3.99. The molecule has 1 aliphatic rings. The van der Waals surface area contributed by atoms with Crippen molar-refractivity contribution in [2.75, 3.05) is 20.8 Å². The van der Waals surface area contributed by atoms with Crippen molar-refractivity contribution >= 4 is 11.3 Å². The second-order valence-electron chi connectivity index (χ2n) is 7.03. The third kappa shape index (κ3) is 3.64. The molecule has 146 valence electrons. The minimum absolute atomic E-state index is 0.177. The van der Waals surface area contributed by atoms with Gasteiger partial charge in [0.05, 0.1) is 31.0 Å². The van der Waals surface area contributed by atoms with Gasteiger partial charge in [0.15, 0.2) is 11.5 Å². The van der Waals surface area contributed by atoms with Crippen molar-refractivity contribution < 1.29 is 9.47 Å². The van der Waals surface area contributed by atoms with Gasteiger partial charge in [0.25, 0.3) is 0 Å². The summed E-state index contributed by atoms with van der Waals surface area (Å²) in [4.78, 5) is 7.33. The van der Waals surface area contributed by atoms with Gasteiger partial charge in [-0.3, -0.25) is 4.90 Å². The lowest BCUT2D eigenvalue weighted by Gasteiger charge is -2.37. The molecule has 0 aliphatic carbocycles. The smallest absolute Gasteiger partial charge is 0.161 e. The molecule has 3 aromatic rings. The van der Waals surface area contributed by atoms with E-state index in [9.17, 15) is 0 Å². The second-order valence-corrected chi connectivity index (χ2v) is 7.97. The Morgan fingerprint density at radius 3 is 2.54 bits per heavy atom. The molecule has 0 N–H and O–H groups in total. The van der Waals surface area contributed by atoms with Crippen LogP contribution in [0.3, 0.4) is 0 Å². The Bertz CT molecular complexity index is 939. The van der Waals surface area contributed by atoms with Crippen LogP contribution >= 0.6 is 11.3 Å². The zero-order valence-corrected chi connectivity index (χ0v) is 17.5. The molecule has 0 spiro atoms. The van der Waals surface area contributed by atoms with E-state index in [-0.39, 0.29) is 6.04 Å². The molecule has 4 rings (SSSR count). The molecular weight excluding hydrogens is 368 g/mol. The van der Waals surface area contributed by atoms with E-state index in [0.29, 0.717) is 0 Å². The molecule has 5 heteroatoms. The minimum Gasteiger partial charge on any atom is -0.493 e. The first-order valence-corrected chi connectivity index (χ1v) is 10.6. The van der Waals surface area contributed by atoms with Crippen LogP contribution in [0, 0.1) is 0 Å². The number of methoxy groups -OCH3 is 2. The van der Waals surface area contributed by atoms with E-state index in [1.165, 1.54) is 21.7 Å². The van der Waals surface area contributed by atoms with Crippen LogP contribution in [0.15, 0.2) is 47.8 Å². The number of benzene rings is 2. The number of fused-ring (bicyclic) bond motifs is 1. The average Bonchev–Trinajstić information content (AvgIpc) is 3.20. The first-order chi connectivity index (χ1) is 13.7. The van der Waals surface area contributed by atoms with Crippen LogP contribution in [-0.4, -0.2) is 30.6 Å². The van der Waals surface area contributed by atoms with Crippen LogP contribution in [0.4, 0.5) is 0 Å². The average molecular weight is 395 g/mol. The maximum Gasteiger partial charge on any atom is 0.161 e. The molecule has 0 saturated carbocycles. The zero-order valence-electron chi connectivity index (χ0n) is 16.6. The highest BCUT2D eigenvalue weighted by Gasteiger charge is 2.30. The molecule has 0 saturated heterocycles. The molecule has 2 heterocycles. The van der Waals surface area contributed by atoms with Crippen LogP contribution in [0.1, 0.15) is 40.4 Å². The highest BCUT2D eigenvalue weighted by Crippen LogP contribution is 2.41. The van der Waals surface area contributed by atoms with Gasteiger partial charge in [-0.25, -0.2) is 4.98 Å². The summed E-state index contributed by atoms with van der Waals surface area (Å²) in [5.74, 6) is 1.58. The Balaban J connectivity index is 1.76. The van der Waals surface area contributed by atoms with Gasteiger partial charge in [-0.15, -0.1) is 11.3 Å². The minimum atomic E-state index is 0.177. The predicted octanol–water partition coefficient (Wildman–Crippen LogP) is 4.87. The Hall–Kier alpha value is -2.37. The zero-order chi connectivity index (χ0) is 19.5. The molecule has 0 fully saturated rings. The molecular formula is C23H26N2O2S. The van der Waals surface area contributed by atoms with Gasteiger partial charge in [0.1, 0.15) is 0 Å². The Morgan fingerprint density at radius 2 is 1.86 bits per heavy atom. The maximum atomic E-state index is 5.60. The number of hydrogen-bond acceptors (Lipinski definition) is 5. The van der Waals surface area contributed by atoms with Crippen LogP contribution in [0.2, 0.25) is 0 Å². The van der Waals surface area contributed by atoms with Crippen molar-refractivity contribution in [2.45, 2.75) is 32.4 Å². The highest BCUT2D eigenvalue weighted by molar-refractivity contribution is 7.09. The third-order valence-electron chi connectivity index (χ3n) is 5.36. The number of rotatable bonds is 6. The van der Waals surface area contributed by atoms with E-state index in [1.807, 2.05) is 0 Å². The van der Waals surface area contributed by atoms with Crippen molar-refractivity contribution in [1.29, 1.82) is 0 Å². The second kappa shape index (κ2) is 8.33. The summed E-state index contributed by atoms with van der Waals surface area (Å²) in [7, 11) is 3.39. The molecule has 0 bridgehead atoms. The summed E-state index contributed by atoms with van der Waals surface area (Å²) in [6.45, 7) is 4.00. The Kier molecular flexibility index (Phi) is 5.64. The van der Waals surface area contributed by atoms with E-state index in [2.05, 4.69) is 59.7 Å². The first-order valence-electron chi connectivity index (χ1n) is 9.70. The van der Waals surface area contributed by atoms with Gasteiger partial charge >= 0.3 is 0 Å². The standard InChI is InChI=1S/C23H26N2O2S/c1-4-22-24-18(15-28-22)14-25-11-10-17-12-20(26-2)21(27-3)13-19(17)23(25)16-8-6-5-7-9-16/h5-9,12-13,15,23H,4,10-11,14H2,1-3H3/t23-/m0/s1. The highest BCUT2D eigenvalue weighted by atomic mass is 32.1. The lowest BCUT2D eigenvalue weighted by atomic mass is 9.87. The van der Waals surface area contributed by atoms with E-state index in [1.54, 1.807) is 25.6 Å². The number of hydrogen-bond donors (Lipinski definition) is 0. The molecule has 1 aliphatic heterocycles. The Labute approximate surface area is 170 Å². The van der Waals surface area contributed by atoms with Crippen LogP contribution in [0.25, 0.3) is 0 Å². The summed E-state index contributed by atoms with van der Waals surface area (Å²) >= 11 is 1.76. The van der Waals surface area contributed by atoms with Crippen molar-refractivity contribution in [1.82, 2.24) is 9.88 Å². The molecule has 2 aromatic carbocycles. The van der Waals surface area contributed by atoms with Gasteiger partial charge in [-0.1, -0.05) is 37.3 Å². The molecule has 0 amide bonds. The van der Waals surface area contributed by atoms with Crippen molar-refractivity contribution in [3.8, 4) is 11.5 Å². The lowest BCUT2D eigenvalue weighted by Crippen LogP contribution is -2.35. The van der Waals surface area contributed by atoms with Gasteiger partial charge in [0, 0.05) is 18.5 Å². The van der Waals surface area contributed by atoms with Crippen LogP contribution in [0.5, 0.6) is 11.5 Å². The molecule has 1 atom stereocenters. The van der Waals surface area contributed by atoms with Crippen LogP contribution in [-0.2, 0) is 19.4 Å². The largest absolute Gasteiger partial charge is 0.493 e. The third-order valence-corrected chi connectivity index (χ3v) is 6.40. The van der Waals surface area contributed by atoms with E-state index >= 15 is 0 Å². The summed E-state index contributed by atoms with van der Waals surface area (Å²) in [5, 5.41) is 3.40. The predicted molar refractivity (Wildman–Crippen MR) is 113 cm³/mol. The molecule has 0 radical (unpaired) electrons. The molecule has 4 nitrogen and oxygen atoms in total. The normalized spacial score (nSPS) is 16.6. The first kappa shape index (κ1) is 19.0. The van der Waals surface area contributed by atoms with Crippen molar-refractivity contribution in [3.63, 3.8) is 0 Å². The van der Waals surface area contributed by atoms with Gasteiger partial charge < -0.3 is 9.47 Å². The summed E-state index contributed by atoms with van der Waals surface area (Å²) in [6.07, 6.45) is 1.98. The summed E-state index contributed by atoms with van der Waals surface area (Å²) < 4.78 is 11.1.